The van der Waals surface area contributed by atoms with Gasteiger partial charge >= 0.3 is 12.1 Å². The summed E-state index contributed by atoms with van der Waals surface area (Å²) in [6.45, 7) is 1.35. The molecule has 3 amide bonds. The van der Waals surface area contributed by atoms with Gasteiger partial charge in [0.25, 0.3) is 0 Å². The summed E-state index contributed by atoms with van der Waals surface area (Å²) in [4.78, 5) is 49.0. The number of piperidine rings is 1. The average Bonchev–Trinajstić information content (AvgIpc) is 3.32. The number of aromatic amines is 1. The number of benzene rings is 2. The van der Waals surface area contributed by atoms with Crippen molar-refractivity contribution >= 4 is 34.9 Å². The lowest BCUT2D eigenvalue weighted by Crippen LogP contribution is -2.52. The Kier molecular flexibility index (Phi) is 5.31. The fourth-order valence-corrected chi connectivity index (χ4v) is 5.61. The molecule has 2 aromatic carbocycles. The van der Waals surface area contributed by atoms with Gasteiger partial charge in [0.15, 0.2) is 0 Å². The molecule has 2 fully saturated rings. The van der Waals surface area contributed by atoms with Crippen LogP contribution in [0.4, 0.5) is 15.5 Å². The van der Waals surface area contributed by atoms with E-state index in [9.17, 15) is 19.5 Å². The lowest BCUT2D eigenvalue weighted by atomic mass is 10.0. The molecule has 3 aliphatic heterocycles. The van der Waals surface area contributed by atoms with Gasteiger partial charge in [0.2, 0.25) is 5.95 Å². The predicted molar refractivity (Wildman–Crippen MR) is 132 cm³/mol. The van der Waals surface area contributed by atoms with Gasteiger partial charge in [-0.25, -0.2) is 14.6 Å². The summed E-state index contributed by atoms with van der Waals surface area (Å²) in [6, 6.07) is 11.7. The molecule has 2 unspecified atom stereocenters. The number of rotatable bonds is 2. The number of carboxylic acid groups (broad SMARTS) is 1. The first-order valence-electron chi connectivity index (χ1n) is 12.2. The van der Waals surface area contributed by atoms with Crippen molar-refractivity contribution in [1.82, 2.24) is 19.8 Å². The number of Topliss-reactive ketones (excluding diaryl/α,β-unsaturated/α-hetero) is 1. The van der Waals surface area contributed by atoms with Crippen LogP contribution in [0.25, 0.3) is 22.2 Å². The van der Waals surface area contributed by atoms with Crippen LogP contribution in [0.2, 0.25) is 0 Å². The van der Waals surface area contributed by atoms with Gasteiger partial charge in [0, 0.05) is 37.5 Å². The number of hydrogen-bond donors (Lipinski definition) is 2. The van der Waals surface area contributed by atoms with Crippen molar-refractivity contribution in [2.24, 2.45) is 0 Å². The Bertz CT molecular complexity index is 1370. The third-order valence-electron chi connectivity index (χ3n) is 7.49. The van der Waals surface area contributed by atoms with Crippen molar-refractivity contribution < 1.29 is 24.2 Å². The number of imidazole rings is 1. The molecule has 0 spiro atoms. The highest BCUT2D eigenvalue weighted by atomic mass is 16.5. The second kappa shape index (κ2) is 8.54. The number of ketones is 1. The van der Waals surface area contributed by atoms with Crippen LogP contribution in [0.5, 0.6) is 5.75 Å². The number of aromatic nitrogens is 2. The third-order valence-corrected chi connectivity index (χ3v) is 7.49. The normalized spacial score (nSPS) is 21.2. The highest BCUT2D eigenvalue weighted by Gasteiger charge is 2.44. The number of H-pyrrole nitrogens is 1. The first kappa shape index (κ1) is 22.4. The van der Waals surface area contributed by atoms with E-state index in [1.807, 2.05) is 46.2 Å². The highest BCUT2D eigenvalue weighted by molar-refractivity contribution is 5.89. The Balaban J connectivity index is 1.27. The van der Waals surface area contributed by atoms with Gasteiger partial charge in [-0.3, -0.25) is 9.69 Å². The zero-order valence-corrected chi connectivity index (χ0v) is 19.9. The molecule has 1 aromatic heterocycles. The van der Waals surface area contributed by atoms with E-state index in [4.69, 9.17) is 4.74 Å². The highest BCUT2D eigenvalue weighted by Crippen LogP contribution is 2.36. The molecule has 4 heterocycles. The number of carbonyl (C=O) groups excluding carboxylic acids is 2. The van der Waals surface area contributed by atoms with Crippen molar-refractivity contribution in [3.63, 3.8) is 0 Å². The molecule has 0 saturated carbocycles. The summed E-state index contributed by atoms with van der Waals surface area (Å²) < 4.78 is 5.97. The first-order chi connectivity index (χ1) is 17.4. The quantitative estimate of drug-likeness (QED) is 0.564. The van der Waals surface area contributed by atoms with Crippen molar-refractivity contribution in [2.75, 3.05) is 25.1 Å². The largest absolute Gasteiger partial charge is 0.491 e. The van der Waals surface area contributed by atoms with Crippen LogP contribution in [0.3, 0.4) is 0 Å². The minimum absolute atomic E-state index is 0.00851. The van der Waals surface area contributed by atoms with Crippen LogP contribution in [-0.2, 0) is 11.3 Å². The smallest absolute Gasteiger partial charge is 0.413 e. The fraction of sp³-hybridized carbons (Fsp3) is 0.385. The Morgan fingerprint density at radius 1 is 1.11 bits per heavy atom. The maximum Gasteiger partial charge on any atom is 0.413 e. The van der Waals surface area contributed by atoms with Crippen molar-refractivity contribution in [3.05, 3.63) is 42.0 Å². The second-order valence-corrected chi connectivity index (χ2v) is 9.75. The van der Waals surface area contributed by atoms with Crippen LogP contribution in [0, 0.1) is 0 Å². The standard InChI is InChI=1S/C26H27N5O5/c1-29(26(34)35)24-27-21-6-2-16(11-22(21)28-24)15-3-7-23-17(10-15)14-30(8-9-36-23)25(33)31-18-4-5-19(31)13-20(32)12-18/h2-3,6-7,10-11,18-19H,4-5,8-9,12-14H2,1H3,(H,27,28)(H,34,35). The van der Waals surface area contributed by atoms with Crippen LogP contribution in [-0.4, -0.2) is 75.1 Å². The molecule has 2 bridgehead atoms. The van der Waals surface area contributed by atoms with Gasteiger partial charge in [0.05, 0.1) is 24.1 Å². The molecule has 0 aliphatic carbocycles. The molecular formula is C26H27N5O5. The first-order valence-corrected chi connectivity index (χ1v) is 12.2. The predicted octanol–water partition coefficient (Wildman–Crippen LogP) is 3.85. The number of amides is 3. The van der Waals surface area contributed by atoms with Crippen LogP contribution < -0.4 is 9.64 Å². The van der Waals surface area contributed by atoms with Gasteiger partial charge in [-0.2, -0.15) is 0 Å². The maximum absolute atomic E-state index is 13.5. The molecule has 0 radical (unpaired) electrons. The van der Waals surface area contributed by atoms with E-state index in [1.54, 1.807) is 0 Å². The van der Waals surface area contributed by atoms with E-state index >= 15 is 0 Å². The van der Waals surface area contributed by atoms with Gasteiger partial charge in [-0.05, 0) is 48.2 Å². The monoisotopic (exact) mass is 489 g/mol. The van der Waals surface area contributed by atoms with Gasteiger partial charge in [0.1, 0.15) is 18.1 Å². The number of nitrogens with zero attached hydrogens (tertiary/aromatic N) is 4. The topological polar surface area (TPSA) is 119 Å². The summed E-state index contributed by atoms with van der Waals surface area (Å²) >= 11 is 0. The second-order valence-electron chi connectivity index (χ2n) is 9.75. The number of nitrogens with one attached hydrogen (secondary N) is 1. The Hall–Kier alpha value is -4.08. The van der Waals surface area contributed by atoms with Gasteiger partial charge in [-0.1, -0.05) is 12.1 Å². The van der Waals surface area contributed by atoms with E-state index in [-0.39, 0.29) is 29.8 Å². The molecule has 186 valence electrons. The number of hydrogen-bond acceptors (Lipinski definition) is 5. The minimum atomic E-state index is -1.09. The number of anilines is 1. The summed E-state index contributed by atoms with van der Waals surface area (Å²) in [6.07, 6.45) is 1.63. The zero-order chi connectivity index (χ0) is 25.0. The lowest BCUT2D eigenvalue weighted by Gasteiger charge is -2.37. The molecule has 10 nitrogen and oxygen atoms in total. The molecule has 36 heavy (non-hydrogen) atoms. The summed E-state index contributed by atoms with van der Waals surface area (Å²) in [7, 11) is 1.44. The molecule has 3 aliphatic rings. The Morgan fingerprint density at radius 2 is 1.83 bits per heavy atom. The SMILES string of the molecule is CN(C(=O)O)c1nc2ccc(-c3ccc4c(c3)CN(C(=O)N3C5CCC3CC(=O)C5)CCO4)cc2[nH]1. The zero-order valence-electron chi connectivity index (χ0n) is 19.9. The van der Waals surface area contributed by atoms with Crippen molar-refractivity contribution in [3.8, 4) is 16.9 Å². The molecule has 6 rings (SSSR count). The Morgan fingerprint density at radius 3 is 2.58 bits per heavy atom. The molecular weight excluding hydrogens is 462 g/mol. The van der Waals surface area contributed by atoms with E-state index in [2.05, 4.69) is 9.97 Å². The molecule has 2 atom stereocenters. The molecule has 10 heteroatoms. The van der Waals surface area contributed by atoms with E-state index < -0.39 is 6.09 Å². The van der Waals surface area contributed by atoms with Crippen molar-refractivity contribution in [2.45, 2.75) is 44.3 Å². The van der Waals surface area contributed by atoms with Crippen LogP contribution >= 0.6 is 0 Å². The van der Waals surface area contributed by atoms with E-state index in [1.165, 1.54) is 7.05 Å². The summed E-state index contributed by atoms with van der Waals surface area (Å²) in [5.41, 5.74) is 4.22. The summed E-state index contributed by atoms with van der Waals surface area (Å²) in [5.74, 6) is 1.28. The third kappa shape index (κ3) is 3.82. The summed E-state index contributed by atoms with van der Waals surface area (Å²) in [5, 5.41) is 9.22. The van der Waals surface area contributed by atoms with E-state index in [0.717, 1.165) is 45.7 Å². The van der Waals surface area contributed by atoms with Crippen LogP contribution in [0.15, 0.2) is 36.4 Å². The fourth-order valence-electron chi connectivity index (χ4n) is 5.61. The molecule has 2 N–H and O–H groups in total. The Labute approximate surface area is 207 Å². The lowest BCUT2D eigenvalue weighted by molar-refractivity contribution is -0.122. The van der Waals surface area contributed by atoms with Crippen molar-refractivity contribution in [1.29, 1.82) is 0 Å². The minimum Gasteiger partial charge on any atom is -0.491 e. The number of ether oxygens (including phenoxy) is 1. The average molecular weight is 490 g/mol. The number of carbonyl (C=O) groups is 3. The number of urea groups is 1. The van der Waals surface area contributed by atoms with Gasteiger partial charge in [-0.15, -0.1) is 0 Å². The van der Waals surface area contributed by atoms with E-state index in [0.29, 0.717) is 38.1 Å². The van der Waals surface area contributed by atoms with Gasteiger partial charge < -0.3 is 24.6 Å². The maximum atomic E-state index is 13.5. The molecule has 3 aromatic rings. The molecule has 2 saturated heterocycles. The number of fused-ring (bicyclic) bond motifs is 4. The van der Waals surface area contributed by atoms with Crippen LogP contribution in [0.1, 0.15) is 31.2 Å².